The van der Waals surface area contributed by atoms with Crippen molar-refractivity contribution in [2.45, 2.75) is 17.8 Å². The Bertz CT molecular complexity index is 261. The highest BCUT2D eigenvalue weighted by Crippen LogP contribution is 2.51. The largest absolute Gasteiger partial charge is 0.385 e. The van der Waals surface area contributed by atoms with E-state index in [4.69, 9.17) is 0 Å². The van der Waals surface area contributed by atoms with Gasteiger partial charge in [-0.2, -0.15) is 26.3 Å². The number of hydrogen-bond acceptors (Lipinski definition) is 0. The Hall–Kier alpha value is -1.08. The van der Waals surface area contributed by atoms with E-state index in [1.807, 2.05) is 0 Å². The van der Waals surface area contributed by atoms with Gasteiger partial charge >= 0.3 is 17.8 Å². The number of halogens is 8. The maximum atomic E-state index is 12.4. The molecule has 0 nitrogen and oxygen atoms in total. The van der Waals surface area contributed by atoms with Crippen molar-refractivity contribution in [1.82, 2.24) is 0 Å². The number of allylic oxidation sites excluding steroid dienone is 2. The van der Waals surface area contributed by atoms with Crippen LogP contribution in [0, 0.1) is 0 Å². The van der Waals surface area contributed by atoms with E-state index in [0.29, 0.717) is 0 Å². The minimum atomic E-state index is -6.28. The Morgan fingerprint density at radius 2 is 0.867 bits per heavy atom. The lowest BCUT2D eigenvalue weighted by Gasteiger charge is -2.30. The molecule has 0 radical (unpaired) electrons. The average molecular weight is 240 g/mol. The van der Waals surface area contributed by atoms with Crippen LogP contribution in [0.2, 0.25) is 0 Å². The van der Waals surface area contributed by atoms with Crippen LogP contribution < -0.4 is 0 Å². The van der Waals surface area contributed by atoms with Crippen molar-refractivity contribution in [3.63, 3.8) is 0 Å². The van der Waals surface area contributed by atoms with Crippen LogP contribution in [0.3, 0.4) is 0 Å². The summed E-state index contributed by atoms with van der Waals surface area (Å²) in [6, 6.07) is 0. The third-order valence-electron chi connectivity index (χ3n) is 1.47. The maximum absolute atomic E-state index is 12.4. The van der Waals surface area contributed by atoms with E-state index >= 15 is 0 Å². The highest BCUT2D eigenvalue weighted by atomic mass is 19.4. The van der Waals surface area contributed by atoms with Gasteiger partial charge in [0.15, 0.2) is 11.7 Å². The lowest BCUT2D eigenvalue weighted by atomic mass is 10.0. The standard InChI is InChI=1S/C7H4F8/c1-3(8)5(10,11)7(14,15)6(12,13)4(2)9/h1-2H2. The van der Waals surface area contributed by atoms with E-state index in [0.717, 1.165) is 0 Å². The molecule has 0 aromatic carbocycles. The zero-order valence-corrected chi connectivity index (χ0v) is 6.94. The maximum Gasteiger partial charge on any atom is 0.385 e. The predicted molar refractivity (Wildman–Crippen MR) is 35.3 cm³/mol. The van der Waals surface area contributed by atoms with Gasteiger partial charge in [0.2, 0.25) is 0 Å². The summed E-state index contributed by atoms with van der Waals surface area (Å²) in [6.45, 7) is 3.57. The molecule has 0 aromatic heterocycles. The summed E-state index contributed by atoms with van der Waals surface area (Å²) in [6.07, 6.45) is 0. The molecule has 8 heteroatoms. The molecule has 15 heavy (non-hydrogen) atoms. The molecule has 0 atom stereocenters. The molecule has 0 spiro atoms. The van der Waals surface area contributed by atoms with Crippen LogP contribution in [-0.4, -0.2) is 17.8 Å². The Morgan fingerprint density at radius 3 is 1.00 bits per heavy atom. The van der Waals surface area contributed by atoms with Gasteiger partial charge in [0.25, 0.3) is 0 Å². The van der Waals surface area contributed by atoms with Crippen LogP contribution in [0.25, 0.3) is 0 Å². The van der Waals surface area contributed by atoms with Crippen LogP contribution in [-0.2, 0) is 0 Å². The van der Waals surface area contributed by atoms with Crippen molar-refractivity contribution in [3.05, 3.63) is 24.8 Å². The van der Waals surface area contributed by atoms with E-state index in [-0.39, 0.29) is 0 Å². The van der Waals surface area contributed by atoms with Crippen molar-refractivity contribution in [2.24, 2.45) is 0 Å². The SMILES string of the molecule is C=C(F)C(F)(F)C(F)(F)C(F)(F)C(=C)F. The van der Waals surface area contributed by atoms with Crippen molar-refractivity contribution in [2.75, 3.05) is 0 Å². The van der Waals surface area contributed by atoms with Gasteiger partial charge in [0.1, 0.15) is 0 Å². The summed E-state index contributed by atoms with van der Waals surface area (Å²) >= 11 is 0. The van der Waals surface area contributed by atoms with Crippen molar-refractivity contribution >= 4 is 0 Å². The summed E-state index contributed by atoms with van der Waals surface area (Å²) in [7, 11) is 0. The smallest absolute Gasteiger partial charge is 0.206 e. The van der Waals surface area contributed by atoms with E-state index in [1.165, 1.54) is 0 Å². The second-order valence-corrected chi connectivity index (χ2v) is 2.53. The van der Waals surface area contributed by atoms with Crippen LogP contribution >= 0.6 is 0 Å². The van der Waals surface area contributed by atoms with E-state index in [1.54, 1.807) is 13.2 Å². The lowest BCUT2D eigenvalue weighted by Crippen LogP contribution is -2.54. The van der Waals surface area contributed by atoms with Gasteiger partial charge in [0, 0.05) is 0 Å². The van der Waals surface area contributed by atoms with Gasteiger partial charge in [-0.05, 0) is 0 Å². The second-order valence-electron chi connectivity index (χ2n) is 2.53. The summed E-state index contributed by atoms with van der Waals surface area (Å²) in [5, 5.41) is 0. The normalized spacial score (nSPS) is 13.9. The first-order chi connectivity index (χ1) is 6.39. The van der Waals surface area contributed by atoms with Crippen LogP contribution in [0.5, 0.6) is 0 Å². The molecule has 0 bridgehead atoms. The first-order valence-corrected chi connectivity index (χ1v) is 3.22. The molecule has 0 rings (SSSR count). The van der Waals surface area contributed by atoms with Gasteiger partial charge in [-0.15, -0.1) is 0 Å². The third kappa shape index (κ3) is 1.84. The van der Waals surface area contributed by atoms with E-state index < -0.39 is 29.4 Å². The minimum Gasteiger partial charge on any atom is -0.206 e. The number of alkyl halides is 6. The first kappa shape index (κ1) is 13.9. The monoisotopic (exact) mass is 240 g/mol. The topological polar surface area (TPSA) is 0 Å². The highest BCUT2D eigenvalue weighted by Gasteiger charge is 2.74. The quantitative estimate of drug-likeness (QED) is 0.654. The molecular formula is C7H4F8. The Labute approximate surface area is 78.9 Å². The van der Waals surface area contributed by atoms with E-state index in [9.17, 15) is 35.1 Å². The van der Waals surface area contributed by atoms with Gasteiger partial charge < -0.3 is 0 Å². The zero-order chi connectivity index (χ0) is 12.7. The van der Waals surface area contributed by atoms with Crippen LogP contribution in [0.1, 0.15) is 0 Å². The number of hydrogen-bond donors (Lipinski definition) is 0. The first-order valence-electron chi connectivity index (χ1n) is 3.22. The molecule has 0 aliphatic rings. The predicted octanol–water partition coefficient (Wildman–Crippen LogP) is 3.86. The van der Waals surface area contributed by atoms with Crippen LogP contribution in [0.4, 0.5) is 35.1 Å². The molecular weight excluding hydrogens is 236 g/mol. The minimum absolute atomic E-state index is 1.78. The fourth-order valence-electron chi connectivity index (χ4n) is 0.538. The van der Waals surface area contributed by atoms with Crippen molar-refractivity contribution in [1.29, 1.82) is 0 Å². The summed E-state index contributed by atoms with van der Waals surface area (Å²) in [5.41, 5.74) is 0. The lowest BCUT2D eigenvalue weighted by molar-refractivity contribution is -0.290. The Kier molecular flexibility index (Phi) is 3.24. The molecule has 88 valence electrons. The average Bonchev–Trinajstić information content (AvgIpc) is 2.02. The van der Waals surface area contributed by atoms with Crippen molar-refractivity contribution < 1.29 is 35.1 Å². The molecule has 0 N–H and O–H groups in total. The van der Waals surface area contributed by atoms with Crippen molar-refractivity contribution in [3.8, 4) is 0 Å². The van der Waals surface area contributed by atoms with Gasteiger partial charge in [0.05, 0.1) is 0 Å². The zero-order valence-electron chi connectivity index (χ0n) is 6.94. The molecule has 0 fully saturated rings. The fourth-order valence-corrected chi connectivity index (χ4v) is 0.538. The third-order valence-corrected chi connectivity index (χ3v) is 1.47. The number of rotatable bonds is 4. The molecule has 0 aliphatic heterocycles. The molecule has 0 amide bonds. The second kappa shape index (κ2) is 3.49. The summed E-state index contributed by atoms with van der Waals surface area (Å²) in [4.78, 5) is 0. The molecule has 0 heterocycles. The molecule has 0 saturated heterocycles. The van der Waals surface area contributed by atoms with Gasteiger partial charge in [-0.1, -0.05) is 13.2 Å². The van der Waals surface area contributed by atoms with Crippen LogP contribution in [0.15, 0.2) is 24.8 Å². The molecule has 0 aromatic rings. The summed E-state index contributed by atoms with van der Waals surface area (Å²) in [5.74, 6) is -24.0. The fraction of sp³-hybridized carbons (Fsp3) is 0.429. The molecule has 0 saturated carbocycles. The Morgan fingerprint density at radius 1 is 0.667 bits per heavy atom. The molecule has 0 aliphatic carbocycles. The highest BCUT2D eigenvalue weighted by molar-refractivity contribution is 5.17. The van der Waals surface area contributed by atoms with E-state index in [2.05, 4.69) is 0 Å². The Balaban J connectivity index is 5.50. The van der Waals surface area contributed by atoms with Gasteiger partial charge in [-0.25, -0.2) is 8.78 Å². The van der Waals surface area contributed by atoms with Gasteiger partial charge in [-0.3, -0.25) is 0 Å². The summed E-state index contributed by atoms with van der Waals surface area (Å²) < 4.78 is 97.5. The molecule has 0 unspecified atom stereocenters.